The maximum Gasteiger partial charge on any atom is 0.281 e. The van der Waals surface area contributed by atoms with E-state index in [9.17, 15) is 9.59 Å². The highest BCUT2D eigenvalue weighted by atomic mass is 32.2. The molecule has 1 aliphatic heterocycles. The van der Waals surface area contributed by atoms with Crippen LogP contribution in [0.2, 0.25) is 0 Å². The summed E-state index contributed by atoms with van der Waals surface area (Å²) in [5, 5.41) is 3.56. The molecule has 1 aromatic heterocycles. The molecule has 128 valence electrons. The van der Waals surface area contributed by atoms with Crippen LogP contribution in [0.25, 0.3) is 10.2 Å². The molecule has 0 atom stereocenters. The van der Waals surface area contributed by atoms with E-state index in [0.717, 1.165) is 28.9 Å². The highest BCUT2D eigenvalue weighted by Crippen LogP contribution is 2.27. The molecular weight excluding hydrogens is 342 g/mol. The van der Waals surface area contributed by atoms with Crippen molar-refractivity contribution in [3.05, 3.63) is 23.8 Å². The number of aromatic nitrogens is 1. The van der Waals surface area contributed by atoms with Crippen LogP contribution in [-0.4, -0.2) is 39.9 Å². The van der Waals surface area contributed by atoms with Crippen molar-refractivity contribution in [2.75, 3.05) is 24.2 Å². The lowest BCUT2D eigenvalue weighted by Crippen LogP contribution is -2.27. The predicted molar refractivity (Wildman–Crippen MR) is 101 cm³/mol. The van der Waals surface area contributed by atoms with Crippen molar-refractivity contribution >= 4 is 49.6 Å². The Kier molecular flexibility index (Phi) is 5.73. The zero-order valence-electron chi connectivity index (χ0n) is 13.7. The zero-order valence-corrected chi connectivity index (χ0v) is 15.3. The largest absolute Gasteiger partial charge is 0.332 e. The van der Waals surface area contributed by atoms with Crippen LogP contribution < -0.4 is 5.32 Å². The highest BCUT2D eigenvalue weighted by Gasteiger charge is 2.21. The summed E-state index contributed by atoms with van der Waals surface area (Å²) in [4.78, 5) is 29.8. The molecule has 5 nitrogen and oxygen atoms in total. The molecule has 1 saturated heterocycles. The normalized spacial score (nSPS) is 14.5. The van der Waals surface area contributed by atoms with Gasteiger partial charge >= 0.3 is 0 Å². The first-order valence-electron chi connectivity index (χ1n) is 8.26. The monoisotopic (exact) mass is 363 g/mol. The molecule has 0 saturated carbocycles. The van der Waals surface area contributed by atoms with Crippen LogP contribution >= 0.6 is 23.1 Å². The summed E-state index contributed by atoms with van der Waals surface area (Å²) in [6, 6.07) is 6.30. The molecule has 1 aromatic carbocycles. The molecule has 24 heavy (non-hydrogen) atoms. The number of carbonyl (C=O) groups is 2. The van der Waals surface area contributed by atoms with Gasteiger partial charge in [-0.05, 0) is 30.5 Å². The fourth-order valence-electron chi connectivity index (χ4n) is 2.61. The Morgan fingerprint density at radius 1 is 1.42 bits per heavy atom. The molecule has 1 aliphatic rings. The number of aryl methyl sites for hydroxylation is 1. The molecule has 2 heterocycles. The Hall–Kier alpha value is -1.60. The second-order valence-corrected chi connectivity index (χ2v) is 7.90. The number of carbonyl (C=O) groups excluding carboxylic acids is 2. The van der Waals surface area contributed by atoms with Crippen LogP contribution in [0.1, 0.15) is 31.7 Å². The number of benzene rings is 1. The number of amides is 2. The van der Waals surface area contributed by atoms with E-state index in [1.54, 1.807) is 4.90 Å². The number of nitrogens with one attached hydrogen (secondary N) is 1. The summed E-state index contributed by atoms with van der Waals surface area (Å²) in [6.07, 6.45) is 3.75. The average molecular weight is 364 g/mol. The second-order valence-electron chi connectivity index (χ2n) is 5.82. The van der Waals surface area contributed by atoms with Gasteiger partial charge in [0.1, 0.15) is 0 Å². The summed E-state index contributed by atoms with van der Waals surface area (Å²) >= 11 is 2.82. The van der Waals surface area contributed by atoms with Crippen LogP contribution in [-0.2, 0) is 11.2 Å². The Bertz CT molecular complexity index is 745. The van der Waals surface area contributed by atoms with Crippen LogP contribution in [0.5, 0.6) is 0 Å². The number of nitrogens with zero attached hydrogens (tertiary/aromatic N) is 2. The third kappa shape index (κ3) is 4.27. The van der Waals surface area contributed by atoms with E-state index in [1.807, 2.05) is 6.07 Å². The van der Waals surface area contributed by atoms with Gasteiger partial charge in [-0.25, -0.2) is 4.98 Å². The molecule has 1 N–H and O–H groups in total. The van der Waals surface area contributed by atoms with Gasteiger partial charge < -0.3 is 10.2 Å². The highest BCUT2D eigenvalue weighted by molar-refractivity contribution is 8.13. The standard InChI is InChI=1S/C17H21N3O2S2/c1-2-3-4-12-5-6-13-14(11-12)24-16(18-13)19-15(21)7-8-20-9-10-23-17(20)22/h5-6,11H,2-4,7-10H2,1H3,(H,18,19,21). The first-order valence-corrected chi connectivity index (χ1v) is 10.1. The maximum absolute atomic E-state index is 12.1. The lowest BCUT2D eigenvalue weighted by molar-refractivity contribution is -0.116. The summed E-state index contributed by atoms with van der Waals surface area (Å²) in [5.74, 6) is 0.726. The molecule has 2 aromatic rings. The Morgan fingerprint density at radius 3 is 3.04 bits per heavy atom. The van der Waals surface area contributed by atoms with Crippen LogP contribution in [0.4, 0.5) is 9.93 Å². The minimum Gasteiger partial charge on any atom is -0.332 e. The smallest absolute Gasteiger partial charge is 0.281 e. The third-order valence-electron chi connectivity index (χ3n) is 3.97. The van der Waals surface area contributed by atoms with Crippen molar-refractivity contribution in [2.45, 2.75) is 32.6 Å². The maximum atomic E-state index is 12.1. The lowest BCUT2D eigenvalue weighted by atomic mass is 10.1. The number of hydrogen-bond acceptors (Lipinski definition) is 5. The first kappa shape index (κ1) is 17.2. The summed E-state index contributed by atoms with van der Waals surface area (Å²) < 4.78 is 1.10. The molecule has 2 amide bonds. The molecule has 0 unspecified atom stereocenters. The topological polar surface area (TPSA) is 62.3 Å². The van der Waals surface area contributed by atoms with Crippen molar-refractivity contribution in [2.24, 2.45) is 0 Å². The number of unbranched alkanes of at least 4 members (excludes halogenated alkanes) is 1. The van der Waals surface area contributed by atoms with E-state index in [-0.39, 0.29) is 11.1 Å². The minimum atomic E-state index is -0.0926. The molecule has 3 rings (SSSR count). The van der Waals surface area contributed by atoms with Gasteiger partial charge in [-0.15, -0.1) is 0 Å². The first-order chi connectivity index (χ1) is 11.7. The van der Waals surface area contributed by atoms with Gasteiger partial charge in [0.15, 0.2) is 5.13 Å². The molecule has 0 bridgehead atoms. The minimum absolute atomic E-state index is 0.0717. The fourth-order valence-corrected chi connectivity index (χ4v) is 4.40. The summed E-state index contributed by atoms with van der Waals surface area (Å²) in [6.45, 7) is 3.40. The van der Waals surface area contributed by atoms with Gasteiger partial charge in [0, 0.05) is 25.3 Å². The molecule has 0 aliphatic carbocycles. The number of hydrogen-bond donors (Lipinski definition) is 1. The number of thioether (sulfide) groups is 1. The van der Waals surface area contributed by atoms with Gasteiger partial charge in [0.25, 0.3) is 5.24 Å². The Morgan fingerprint density at radius 2 is 2.29 bits per heavy atom. The SMILES string of the molecule is CCCCc1ccc2nc(NC(=O)CCN3CCSC3=O)sc2c1. The average Bonchev–Trinajstić information content (AvgIpc) is 3.15. The van der Waals surface area contributed by atoms with Crippen LogP contribution in [0.3, 0.4) is 0 Å². The third-order valence-corrected chi connectivity index (χ3v) is 5.80. The lowest BCUT2D eigenvalue weighted by Gasteiger charge is -2.13. The van der Waals surface area contributed by atoms with E-state index in [4.69, 9.17) is 0 Å². The van der Waals surface area contributed by atoms with E-state index >= 15 is 0 Å². The van der Waals surface area contributed by atoms with Gasteiger partial charge in [-0.3, -0.25) is 9.59 Å². The van der Waals surface area contributed by atoms with Crippen molar-refractivity contribution in [3.8, 4) is 0 Å². The van der Waals surface area contributed by atoms with Crippen molar-refractivity contribution in [3.63, 3.8) is 0 Å². The summed E-state index contributed by atoms with van der Waals surface area (Å²) in [7, 11) is 0. The molecule has 0 spiro atoms. The van der Waals surface area contributed by atoms with Crippen LogP contribution in [0.15, 0.2) is 18.2 Å². The van der Waals surface area contributed by atoms with Gasteiger partial charge in [-0.2, -0.15) is 0 Å². The van der Waals surface area contributed by atoms with E-state index in [1.165, 1.54) is 41.5 Å². The van der Waals surface area contributed by atoms with Crippen molar-refractivity contribution in [1.29, 1.82) is 0 Å². The predicted octanol–water partition coefficient (Wildman–Crippen LogP) is 4.14. The molecule has 1 fully saturated rings. The van der Waals surface area contributed by atoms with E-state index in [2.05, 4.69) is 29.4 Å². The van der Waals surface area contributed by atoms with Gasteiger partial charge in [-0.1, -0.05) is 42.5 Å². The van der Waals surface area contributed by atoms with Crippen molar-refractivity contribution < 1.29 is 9.59 Å². The second kappa shape index (κ2) is 7.98. The quantitative estimate of drug-likeness (QED) is 0.803. The van der Waals surface area contributed by atoms with Gasteiger partial charge in [0.2, 0.25) is 5.91 Å². The number of thiazole rings is 1. The molecular formula is C17H21N3O2S2. The molecule has 7 heteroatoms. The van der Waals surface area contributed by atoms with Gasteiger partial charge in [0.05, 0.1) is 10.2 Å². The van der Waals surface area contributed by atoms with Crippen LogP contribution in [0, 0.1) is 0 Å². The summed E-state index contributed by atoms with van der Waals surface area (Å²) in [5.41, 5.74) is 2.23. The Labute approximate surface area is 149 Å². The Balaban J connectivity index is 1.58. The number of anilines is 1. The fraction of sp³-hybridized carbons (Fsp3) is 0.471. The van der Waals surface area contributed by atoms with E-state index in [0.29, 0.717) is 18.1 Å². The van der Waals surface area contributed by atoms with E-state index < -0.39 is 0 Å². The molecule has 0 radical (unpaired) electrons. The number of fused-ring (bicyclic) bond motifs is 1. The zero-order chi connectivity index (χ0) is 16.9. The van der Waals surface area contributed by atoms with Crippen molar-refractivity contribution in [1.82, 2.24) is 9.88 Å². The number of rotatable bonds is 7.